The minimum atomic E-state index is -0.938. The number of benzene rings is 1. The van der Waals surface area contributed by atoms with Crippen LogP contribution in [0.25, 0.3) is 11.3 Å². The molecule has 2 N–H and O–H groups in total. The van der Waals surface area contributed by atoms with Crippen LogP contribution in [0.2, 0.25) is 0 Å². The van der Waals surface area contributed by atoms with E-state index < -0.39 is 5.97 Å². The normalized spacial score (nSPS) is 11.7. The van der Waals surface area contributed by atoms with Gasteiger partial charge in [-0.3, -0.25) is 0 Å². The number of fused-ring (bicyclic) bond motifs is 3. The molecule has 0 saturated carbocycles. The number of carbonyl (C=O) groups is 1. The molecule has 2 aromatic rings. The van der Waals surface area contributed by atoms with E-state index in [0.717, 1.165) is 29.8 Å². The third-order valence-corrected chi connectivity index (χ3v) is 4.75. The third kappa shape index (κ3) is 4.06. The summed E-state index contributed by atoms with van der Waals surface area (Å²) in [5.41, 5.74) is 3.27. The van der Waals surface area contributed by atoms with E-state index in [1.165, 1.54) is 0 Å². The maximum Gasteiger partial charge on any atom is 1.00 e. The van der Waals surface area contributed by atoms with Crippen molar-refractivity contribution in [2.24, 2.45) is 0 Å². The summed E-state index contributed by atoms with van der Waals surface area (Å²) in [5.74, 6) is 0.436. The number of rotatable bonds is 4. The van der Waals surface area contributed by atoms with Crippen LogP contribution in [0.3, 0.4) is 0 Å². The van der Waals surface area contributed by atoms with E-state index in [4.69, 9.17) is 9.47 Å². The van der Waals surface area contributed by atoms with Crippen LogP contribution in [0, 0.1) is 0 Å². The topological polar surface area (TPSA) is 90.7 Å². The maximum absolute atomic E-state index is 11.4. The van der Waals surface area contributed by atoms with Gasteiger partial charge in [0.05, 0.1) is 29.1 Å². The molecular formula is C17H19BrNNaO5. The Balaban J connectivity index is 0.00000156. The number of hydrogen-bond donors (Lipinski definition) is 1. The molecule has 1 aliphatic rings. The summed E-state index contributed by atoms with van der Waals surface area (Å²) in [6.07, 6.45) is 0.839. The molecule has 0 fully saturated rings. The zero-order chi connectivity index (χ0) is 16.7. The molecule has 0 atom stereocenters. The van der Waals surface area contributed by atoms with E-state index >= 15 is 0 Å². The van der Waals surface area contributed by atoms with Gasteiger partial charge in [0.15, 0.2) is 11.5 Å². The van der Waals surface area contributed by atoms with Crippen LogP contribution >= 0.6 is 15.9 Å². The van der Waals surface area contributed by atoms with E-state index in [1.54, 1.807) is 13.2 Å². The Labute approximate surface area is 176 Å². The molecule has 0 spiro atoms. The van der Waals surface area contributed by atoms with Gasteiger partial charge >= 0.3 is 35.5 Å². The van der Waals surface area contributed by atoms with Gasteiger partial charge in [-0.2, -0.15) is 0 Å². The average molecular weight is 420 g/mol. The van der Waals surface area contributed by atoms with E-state index in [2.05, 4.69) is 15.9 Å². The van der Waals surface area contributed by atoms with Crippen molar-refractivity contribution in [2.45, 2.75) is 32.9 Å². The number of aromatic nitrogens is 1. The van der Waals surface area contributed by atoms with Crippen LogP contribution in [0.15, 0.2) is 22.8 Å². The molecule has 1 aromatic carbocycles. The number of carboxylic acids is 1. The summed E-state index contributed by atoms with van der Waals surface area (Å²) in [6.45, 7) is 4.64. The second-order valence-electron chi connectivity index (χ2n) is 5.77. The Morgan fingerprint density at radius 1 is 1.28 bits per heavy atom. The number of methoxy groups -OCH3 is 1. The largest absolute Gasteiger partial charge is 1.00 e. The fourth-order valence-electron chi connectivity index (χ4n) is 2.90. The van der Waals surface area contributed by atoms with Crippen LogP contribution in [0.1, 0.15) is 29.8 Å². The molecule has 0 saturated heterocycles. The fourth-order valence-corrected chi connectivity index (χ4v) is 3.55. The number of aromatic carboxylic acids is 1. The minimum absolute atomic E-state index is 0. The zero-order valence-corrected chi connectivity index (χ0v) is 18.3. The van der Waals surface area contributed by atoms with Gasteiger partial charge in [-0.15, -0.1) is 0 Å². The summed E-state index contributed by atoms with van der Waals surface area (Å²) in [4.78, 5) is 11.4. The number of ether oxygens (including phenoxy) is 2. The van der Waals surface area contributed by atoms with Crippen molar-refractivity contribution in [3.05, 3.63) is 33.9 Å². The Morgan fingerprint density at radius 2 is 1.96 bits per heavy atom. The minimum Gasteiger partial charge on any atom is -0.870 e. The molecule has 8 heteroatoms. The van der Waals surface area contributed by atoms with Crippen LogP contribution in [0.4, 0.5) is 0 Å². The molecule has 0 unspecified atom stereocenters. The monoisotopic (exact) mass is 419 g/mol. The first-order valence-corrected chi connectivity index (χ1v) is 8.22. The number of aryl methyl sites for hydroxylation is 1. The first-order chi connectivity index (χ1) is 10.9. The molecule has 0 radical (unpaired) electrons. The number of carboxylic acid groups (broad SMARTS) is 1. The molecule has 1 aromatic heterocycles. The van der Waals surface area contributed by atoms with Gasteiger partial charge in [-0.1, -0.05) is 0 Å². The molecule has 6 nitrogen and oxygen atoms in total. The van der Waals surface area contributed by atoms with E-state index in [-0.39, 0.29) is 46.7 Å². The molecule has 0 aliphatic carbocycles. The second kappa shape index (κ2) is 8.60. The molecule has 130 valence electrons. The van der Waals surface area contributed by atoms with Crippen LogP contribution in [0.5, 0.6) is 11.5 Å². The van der Waals surface area contributed by atoms with Gasteiger partial charge in [0, 0.05) is 12.1 Å². The van der Waals surface area contributed by atoms with Crippen LogP contribution < -0.4 is 39.0 Å². The molecule has 0 bridgehead atoms. The molecular weight excluding hydrogens is 401 g/mol. The van der Waals surface area contributed by atoms with Crippen molar-refractivity contribution in [2.75, 3.05) is 7.11 Å². The third-order valence-electron chi connectivity index (χ3n) is 3.89. The van der Waals surface area contributed by atoms with Crippen molar-refractivity contribution >= 4 is 21.9 Å². The van der Waals surface area contributed by atoms with E-state index in [1.807, 2.05) is 30.5 Å². The fraction of sp³-hybridized carbons (Fsp3) is 0.353. The Morgan fingerprint density at radius 3 is 2.52 bits per heavy atom. The Bertz CT molecular complexity index is 788. The van der Waals surface area contributed by atoms with Crippen molar-refractivity contribution in [3.63, 3.8) is 0 Å². The summed E-state index contributed by atoms with van der Waals surface area (Å²) in [6, 6.07) is 5.63. The SMILES string of the molecule is COc1cc2c(cc1OC(C)C)-c1cc(C(=O)O)c(Br)n1CC2.[Na+].[OH-]. The molecule has 3 rings (SSSR count). The van der Waals surface area contributed by atoms with Crippen molar-refractivity contribution in [1.29, 1.82) is 0 Å². The number of hydrogen-bond acceptors (Lipinski definition) is 4. The smallest absolute Gasteiger partial charge is 0.870 e. The summed E-state index contributed by atoms with van der Waals surface area (Å²) < 4.78 is 13.9. The molecule has 0 amide bonds. The second-order valence-corrected chi connectivity index (χ2v) is 6.52. The predicted molar refractivity (Wildman–Crippen MR) is 92.5 cm³/mol. The standard InChI is InChI=1S/C17H18BrNO4.Na.H2O/c1-9(2)23-15-8-11-10(6-14(15)22-3)4-5-19-13(11)7-12(16(19)18)17(20)21;;/h6-9H,4-5H2,1-3H3,(H,20,21);;1H2/q;+1;/p-1. The van der Waals surface area contributed by atoms with Gasteiger partial charge < -0.3 is 24.6 Å². The molecule has 2 heterocycles. The summed E-state index contributed by atoms with van der Waals surface area (Å²) in [7, 11) is 1.62. The first kappa shape index (κ1) is 22.1. The van der Waals surface area contributed by atoms with Gasteiger partial charge in [-0.25, -0.2) is 4.79 Å². The Kier molecular flexibility index (Phi) is 7.58. The molecule has 25 heavy (non-hydrogen) atoms. The van der Waals surface area contributed by atoms with Gasteiger partial charge in [-0.05, 0) is 60.0 Å². The number of nitrogens with zero attached hydrogens (tertiary/aromatic N) is 1. The summed E-state index contributed by atoms with van der Waals surface area (Å²) >= 11 is 3.40. The quantitative estimate of drug-likeness (QED) is 0.739. The average Bonchev–Trinajstić information content (AvgIpc) is 2.84. The number of halogens is 1. The van der Waals surface area contributed by atoms with Crippen LogP contribution in [-0.2, 0) is 13.0 Å². The predicted octanol–water partition coefficient (Wildman–Crippen LogP) is 0.795. The molecule has 1 aliphatic heterocycles. The van der Waals surface area contributed by atoms with E-state index in [9.17, 15) is 9.90 Å². The van der Waals surface area contributed by atoms with Gasteiger partial charge in [0.25, 0.3) is 0 Å². The zero-order valence-electron chi connectivity index (χ0n) is 14.7. The van der Waals surface area contributed by atoms with Gasteiger partial charge in [0.2, 0.25) is 0 Å². The Hall–Kier alpha value is -0.990. The maximum atomic E-state index is 11.4. The van der Waals surface area contributed by atoms with Crippen molar-refractivity contribution in [1.82, 2.24) is 4.57 Å². The van der Waals surface area contributed by atoms with Gasteiger partial charge in [0.1, 0.15) is 0 Å². The van der Waals surface area contributed by atoms with Crippen molar-refractivity contribution in [3.8, 4) is 22.8 Å². The van der Waals surface area contributed by atoms with Crippen molar-refractivity contribution < 1.29 is 54.4 Å². The summed E-state index contributed by atoms with van der Waals surface area (Å²) in [5, 5.41) is 9.33. The first-order valence-electron chi connectivity index (χ1n) is 7.42. The van der Waals surface area contributed by atoms with E-state index in [0.29, 0.717) is 16.1 Å². The van der Waals surface area contributed by atoms with Crippen LogP contribution in [-0.4, -0.2) is 34.3 Å².